The molecule has 3 N–H and O–H groups in total. The number of hydrogen-bond acceptors (Lipinski definition) is 2. The molecule has 3 nitrogen and oxygen atoms in total. The number of rotatable bonds is 4. The van der Waals surface area contributed by atoms with Gasteiger partial charge in [-0.1, -0.05) is 51.2 Å². The summed E-state index contributed by atoms with van der Waals surface area (Å²) in [7, 11) is 0. The van der Waals surface area contributed by atoms with Crippen LogP contribution in [0.1, 0.15) is 77.6 Å². The van der Waals surface area contributed by atoms with Gasteiger partial charge in [-0.25, -0.2) is 0 Å². The molecule has 1 amide bonds. The van der Waals surface area contributed by atoms with Crippen molar-refractivity contribution in [3.63, 3.8) is 0 Å². The molecule has 0 aromatic heterocycles. The van der Waals surface area contributed by atoms with Crippen LogP contribution < -0.4 is 11.1 Å². The van der Waals surface area contributed by atoms with Crippen molar-refractivity contribution in [1.82, 2.24) is 5.32 Å². The van der Waals surface area contributed by atoms with Crippen molar-refractivity contribution in [3.05, 3.63) is 0 Å². The molecule has 2 aliphatic carbocycles. The molecule has 0 atom stereocenters. The Morgan fingerprint density at radius 1 is 1.14 bits per heavy atom. The molecule has 2 fully saturated rings. The topological polar surface area (TPSA) is 55.1 Å². The van der Waals surface area contributed by atoms with E-state index in [0.29, 0.717) is 11.0 Å². The summed E-state index contributed by atoms with van der Waals surface area (Å²) in [5.41, 5.74) is 5.42. The van der Waals surface area contributed by atoms with E-state index in [9.17, 15) is 4.79 Å². The first-order valence-electron chi connectivity index (χ1n) is 8.69. The van der Waals surface area contributed by atoms with Crippen LogP contribution in [0.4, 0.5) is 0 Å². The van der Waals surface area contributed by atoms with Gasteiger partial charge in [0.15, 0.2) is 0 Å². The fraction of sp³-hybridized carbons (Fsp3) is 0.882. The van der Waals surface area contributed by atoms with Gasteiger partial charge in [-0.05, 0) is 44.4 Å². The zero-order valence-corrected chi connectivity index (χ0v) is 14.1. The van der Waals surface area contributed by atoms with Gasteiger partial charge in [0.05, 0.1) is 10.4 Å². The van der Waals surface area contributed by atoms with E-state index in [1.54, 1.807) is 0 Å². The van der Waals surface area contributed by atoms with E-state index >= 15 is 0 Å². The molecule has 0 spiro atoms. The molecule has 0 saturated heterocycles. The molecule has 0 aromatic rings. The molecule has 21 heavy (non-hydrogen) atoms. The van der Waals surface area contributed by atoms with Crippen LogP contribution in [0.15, 0.2) is 0 Å². The van der Waals surface area contributed by atoms with E-state index in [-0.39, 0.29) is 5.91 Å². The molecule has 0 heterocycles. The maximum atomic E-state index is 12.9. The summed E-state index contributed by atoms with van der Waals surface area (Å²) in [5.74, 6) is 0.956. The van der Waals surface area contributed by atoms with Crippen molar-refractivity contribution in [1.29, 1.82) is 0 Å². The highest BCUT2D eigenvalue weighted by atomic mass is 32.1. The average Bonchev–Trinajstić information content (AvgIpc) is 2.75. The lowest BCUT2D eigenvalue weighted by molar-refractivity contribution is -0.129. The highest BCUT2D eigenvalue weighted by Crippen LogP contribution is 2.36. The predicted molar refractivity (Wildman–Crippen MR) is 91.1 cm³/mol. The third-order valence-corrected chi connectivity index (χ3v) is 6.01. The van der Waals surface area contributed by atoms with E-state index in [2.05, 4.69) is 12.2 Å². The molecule has 0 radical (unpaired) electrons. The summed E-state index contributed by atoms with van der Waals surface area (Å²) in [5, 5.41) is 3.28. The highest BCUT2D eigenvalue weighted by Gasteiger charge is 2.42. The molecule has 2 saturated carbocycles. The van der Waals surface area contributed by atoms with Gasteiger partial charge in [0.25, 0.3) is 0 Å². The predicted octanol–water partition coefficient (Wildman–Crippen LogP) is 3.70. The van der Waals surface area contributed by atoms with Crippen molar-refractivity contribution in [2.24, 2.45) is 17.1 Å². The summed E-state index contributed by atoms with van der Waals surface area (Å²) in [6.07, 6.45) is 12.1. The molecule has 0 bridgehead atoms. The number of hydrogen-bond donors (Lipinski definition) is 2. The van der Waals surface area contributed by atoms with Crippen LogP contribution in [-0.4, -0.2) is 16.9 Å². The van der Waals surface area contributed by atoms with E-state index in [4.69, 9.17) is 18.0 Å². The van der Waals surface area contributed by atoms with Gasteiger partial charge in [-0.2, -0.15) is 0 Å². The standard InChI is InChI=1S/C17H30N2OS/c1-2-13-7-9-14(10-8-13)19-16(20)17(15(18)21)11-5-3-4-6-12-17/h13-14H,2-12H2,1H3,(H2,18,21)(H,19,20). The Morgan fingerprint density at radius 2 is 1.71 bits per heavy atom. The van der Waals surface area contributed by atoms with E-state index in [1.807, 2.05) is 0 Å². The molecule has 4 heteroatoms. The zero-order chi connectivity index (χ0) is 15.3. The summed E-state index contributed by atoms with van der Waals surface area (Å²) < 4.78 is 0. The largest absolute Gasteiger partial charge is 0.392 e. The van der Waals surface area contributed by atoms with Crippen LogP contribution in [0.25, 0.3) is 0 Å². The minimum atomic E-state index is -0.576. The van der Waals surface area contributed by atoms with Crippen LogP contribution in [0.2, 0.25) is 0 Å². The smallest absolute Gasteiger partial charge is 0.233 e. The number of carbonyl (C=O) groups excluding carboxylic acids is 1. The normalized spacial score (nSPS) is 29.4. The Bertz CT molecular complexity index is 367. The Kier molecular flexibility index (Phi) is 6.03. The molecule has 0 unspecified atom stereocenters. The maximum absolute atomic E-state index is 12.9. The fourth-order valence-electron chi connectivity index (χ4n) is 3.96. The van der Waals surface area contributed by atoms with Crippen molar-refractivity contribution in [2.75, 3.05) is 0 Å². The van der Waals surface area contributed by atoms with Crippen molar-refractivity contribution < 1.29 is 4.79 Å². The average molecular weight is 311 g/mol. The molecule has 0 aliphatic heterocycles. The highest BCUT2D eigenvalue weighted by molar-refractivity contribution is 7.80. The van der Waals surface area contributed by atoms with Gasteiger partial charge in [0, 0.05) is 6.04 Å². The van der Waals surface area contributed by atoms with Crippen molar-refractivity contribution >= 4 is 23.1 Å². The second-order valence-electron chi connectivity index (χ2n) is 6.96. The quantitative estimate of drug-likeness (QED) is 0.615. The van der Waals surface area contributed by atoms with Crippen LogP contribution >= 0.6 is 12.2 Å². The summed E-state index contributed by atoms with van der Waals surface area (Å²) in [6.45, 7) is 2.26. The van der Waals surface area contributed by atoms with Gasteiger partial charge in [-0.3, -0.25) is 4.79 Å². The fourth-order valence-corrected chi connectivity index (χ4v) is 4.25. The Balaban J connectivity index is 1.97. The summed E-state index contributed by atoms with van der Waals surface area (Å²) >= 11 is 5.29. The third kappa shape index (κ3) is 3.97. The number of nitrogens with two attached hydrogens (primary N) is 1. The monoisotopic (exact) mass is 310 g/mol. The Morgan fingerprint density at radius 3 is 2.19 bits per heavy atom. The first-order valence-corrected chi connectivity index (χ1v) is 9.10. The van der Waals surface area contributed by atoms with Gasteiger partial charge >= 0.3 is 0 Å². The van der Waals surface area contributed by atoms with Crippen LogP contribution in [0.5, 0.6) is 0 Å². The first kappa shape index (κ1) is 16.7. The number of carbonyl (C=O) groups is 1. The number of amides is 1. The van der Waals surface area contributed by atoms with Gasteiger partial charge in [0.2, 0.25) is 5.91 Å². The van der Waals surface area contributed by atoms with Crippen molar-refractivity contribution in [3.8, 4) is 0 Å². The van der Waals surface area contributed by atoms with E-state index < -0.39 is 5.41 Å². The van der Waals surface area contributed by atoms with Crippen LogP contribution in [0.3, 0.4) is 0 Å². The number of nitrogens with one attached hydrogen (secondary N) is 1. The van der Waals surface area contributed by atoms with Crippen LogP contribution in [0, 0.1) is 11.3 Å². The van der Waals surface area contributed by atoms with Crippen molar-refractivity contribution in [2.45, 2.75) is 83.6 Å². The Hall–Kier alpha value is -0.640. The lowest BCUT2D eigenvalue weighted by Gasteiger charge is -2.34. The SMILES string of the molecule is CCC1CCC(NC(=O)C2(C(N)=S)CCCCCC2)CC1. The van der Waals surface area contributed by atoms with Gasteiger partial charge in [0.1, 0.15) is 0 Å². The molecule has 2 aliphatic rings. The van der Waals surface area contributed by atoms with E-state index in [1.165, 1.54) is 32.1 Å². The van der Waals surface area contributed by atoms with Gasteiger partial charge in [-0.15, -0.1) is 0 Å². The Labute approximate surface area is 134 Å². The van der Waals surface area contributed by atoms with Gasteiger partial charge < -0.3 is 11.1 Å². The zero-order valence-electron chi connectivity index (χ0n) is 13.3. The first-order chi connectivity index (χ1) is 10.1. The molecular formula is C17H30N2OS. The van der Waals surface area contributed by atoms with E-state index in [0.717, 1.165) is 44.4 Å². The molecular weight excluding hydrogens is 280 g/mol. The minimum absolute atomic E-state index is 0.108. The lowest BCUT2D eigenvalue weighted by atomic mass is 9.78. The number of thiocarbonyl (C=S) groups is 1. The second-order valence-corrected chi connectivity index (χ2v) is 7.40. The summed E-state index contributed by atoms with van der Waals surface area (Å²) in [4.78, 5) is 13.3. The molecule has 2 rings (SSSR count). The second kappa shape index (κ2) is 7.57. The van der Waals surface area contributed by atoms with Crippen LogP contribution in [-0.2, 0) is 4.79 Å². The summed E-state index contributed by atoms with van der Waals surface area (Å²) in [6, 6.07) is 0.328. The maximum Gasteiger partial charge on any atom is 0.233 e. The molecule has 120 valence electrons. The third-order valence-electron chi connectivity index (χ3n) is 5.62. The molecule has 0 aromatic carbocycles. The lowest BCUT2D eigenvalue weighted by Crippen LogP contribution is -2.52. The minimum Gasteiger partial charge on any atom is -0.392 e.